The van der Waals surface area contributed by atoms with Crippen LogP contribution in [-0.4, -0.2) is 6.71 Å². The van der Waals surface area contributed by atoms with E-state index < -0.39 is 0 Å². The molecule has 2 aliphatic heterocycles. The van der Waals surface area contributed by atoms with E-state index in [2.05, 4.69) is 185 Å². The highest BCUT2D eigenvalue weighted by atomic mass is 32.1. The van der Waals surface area contributed by atoms with Gasteiger partial charge in [0.25, 0.3) is 6.71 Å². The van der Waals surface area contributed by atoms with E-state index in [9.17, 15) is 0 Å². The van der Waals surface area contributed by atoms with E-state index in [0.29, 0.717) is 0 Å². The molecule has 0 saturated carbocycles. The quantitative estimate of drug-likeness (QED) is 0.170. The van der Waals surface area contributed by atoms with Gasteiger partial charge in [-0.1, -0.05) is 78.9 Å². The van der Waals surface area contributed by atoms with Crippen molar-refractivity contribution in [2.24, 2.45) is 0 Å². The highest BCUT2D eigenvalue weighted by Gasteiger charge is 2.46. The second-order valence-corrected chi connectivity index (χ2v) is 14.8. The van der Waals surface area contributed by atoms with Gasteiger partial charge in [0.2, 0.25) is 0 Å². The minimum Gasteiger partial charge on any atom is -0.311 e. The van der Waals surface area contributed by atoms with Crippen LogP contribution in [0.5, 0.6) is 0 Å². The van der Waals surface area contributed by atoms with Crippen molar-refractivity contribution in [3.63, 3.8) is 0 Å². The Morgan fingerprint density at radius 3 is 1.76 bits per heavy atom. The van der Waals surface area contributed by atoms with Crippen LogP contribution in [0.25, 0.3) is 0 Å². The van der Waals surface area contributed by atoms with E-state index in [-0.39, 0.29) is 6.71 Å². The Hall–Kier alpha value is -5.52. The fourth-order valence-corrected chi connectivity index (χ4v) is 10.0. The molecule has 0 bridgehead atoms. The topological polar surface area (TPSA) is 9.72 Å². The third-order valence-corrected chi connectivity index (χ3v) is 11.9. The summed E-state index contributed by atoms with van der Waals surface area (Å²) in [6.45, 7) is 2.41. The molecule has 3 heterocycles. The summed E-state index contributed by atoms with van der Waals surface area (Å²) >= 11 is 2.07. The summed E-state index contributed by atoms with van der Waals surface area (Å²) in [7, 11) is 0. The van der Waals surface area contributed by atoms with Crippen molar-refractivity contribution >= 4 is 84.9 Å². The Balaban J connectivity index is 1.27. The standard InChI is InChI=1S/C45H36BN3S/c1-31-28-40-43-41(29-31)49(35-22-12-5-13-23-35)44-37-24-14-15-25-42(37)50-45(44)46(43)38-27-26-36(30-39(38)48(40)34-20-10-4-11-21-34)47(32-16-6-2-7-17-32)33-18-8-3-9-19-33/h2-13,16-23,26-30H,14-15,24-25H2,1H3. The van der Waals surface area contributed by atoms with E-state index >= 15 is 0 Å². The van der Waals surface area contributed by atoms with Gasteiger partial charge in [-0.25, -0.2) is 0 Å². The molecule has 0 N–H and O–H groups in total. The third kappa shape index (κ3) is 4.57. The van der Waals surface area contributed by atoms with Gasteiger partial charge in [-0.05, 0) is 127 Å². The molecule has 0 unspecified atom stereocenters. The highest BCUT2D eigenvalue weighted by molar-refractivity contribution is 7.29. The minimum absolute atomic E-state index is 0.150. The summed E-state index contributed by atoms with van der Waals surface area (Å²) in [5.41, 5.74) is 16.7. The predicted molar refractivity (Wildman–Crippen MR) is 214 cm³/mol. The number of thiophene rings is 1. The number of hydrogen-bond donors (Lipinski definition) is 0. The molecule has 0 atom stereocenters. The first kappa shape index (κ1) is 29.4. The lowest BCUT2D eigenvalue weighted by Crippen LogP contribution is -2.60. The number of hydrogen-bond acceptors (Lipinski definition) is 4. The van der Waals surface area contributed by atoms with Crippen LogP contribution < -0.4 is 30.4 Å². The van der Waals surface area contributed by atoms with Gasteiger partial charge in [0.05, 0.1) is 5.69 Å². The zero-order chi connectivity index (χ0) is 33.2. The van der Waals surface area contributed by atoms with Crippen LogP contribution in [0.1, 0.15) is 28.8 Å². The van der Waals surface area contributed by atoms with Gasteiger partial charge < -0.3 is 14.7 Å². The van der Waals surface area contributed by atoms with Gasteiger partial charge in [0, 0.05) is 55.2 Å². The lowest BCUT2D eigenvalue weighted by Gasteiger charge is -2.44. The van der Waals surface area contributed by atoms with Crippen molar-refractivity contribution < 1.29 is 0 Å². The van der Waals surface area contributed by atoms with Gasteiger partial charge in [-0.2, -0.15) is 11.3 Å². The molecule has 3 nitrogen and oxygen atoms in total. The van der Waals surface area contributed by atoms with Crippen molar-refractivity contribution in [1.29, 1.82) is 0 Å². The first-order chi connectivity index (χ1) is 24.7. The summed E-state index contributed by atoms with van der Waals surface area (Å²) in [5, 5.41) is 0. The normalized spacial score (nSPS) is 14.1. The maximum absolute atomic E-state index is 2.60. The smallest absolute Gasteiger partial charge is 0.264 e. The zero-order valence-corrected chi connectivity index (χ0v) is 28.9. The molecular weight excluding hydrogens is 625 g/mol. The molecule has 7 aromatic rings. The van der Waals surface area contributed by atoms with E-state index in [0.717, 1.165) is 23.5 Å². The number of para-hydroxylation sites is 4. The molecule has 5 heteroatoms. The molecular formula is C45H36BN3S. The minimum atomic E-state index is 0.150. The summed E-state index contributed by atoms with van der Waals surface area (Å²) in [6, 6.07) is 55.6. The van der Waals surface area contributed by atoms with Crippen LogP contribution in [0.2, 0.25) is 0 Å². The van der Waals surface area contributed by atoms with E-state index in [4.69, 9.17) is 0 Å². The van der Waals surface area contributed by atoms with Gasteiger partial charge in [0.1, 0.15) is 0 Å². The molecule has 0 spiro atoms. The number of fused-ring (bicyclic) bond motifs is 6. The van der Waals surface area contributed by atoms with Crippen molar-refractivity contribution in [3.05, 3.63) is 168 Å². The summed E-state index contributed by atoms with van der Waals surface area (Å²) < 4.78 is 1.49. The van der Waals surface area contributed by atoms with Crippen LogP contribution in [0.4, 0.5) is 51.2 Å². The van der Waals surface area contributed by atoms with Crippen molar-refractivity contribution in [2.45, 2.75) is 32.6 Å². The second-order valence-electron chi connectivity index (χ2n) is 13.7. The SMILES string of the molecule is Cc1cc2c3c(c1)N(c1ccccc1)c1c(sc4c1CCCC4)B3c1ccc(N(c3ccccc3)c3ccccc3)cc1N2c1ccccc1. The van der Waals surface area contributed by atoms with Crippen LogP contribution in [0, 0.1) is 6.92 Å². The molecule has 1 aliphatic carbocycles. The molecule has 1 aromatic heterocycles. The van der Waals surface area contributed by atoms with Gasteiger partial charge in [-0.3, -0.25) is 0 Å². The van der Waals surface area contributed by atoms with Crippen LogP contribution >= 0.6 is 11.3 Å². The first-order valence-electron chi connectivity index (χ1n) is 17.8. The van der Waals surface area contributed by atoms with Crippen LogP contribution in [-0.2, 0) is 12.8 Å². The van der Waals surface area contributed by atoms with Crippen LogP contribution in [0.15, 0.2) is 152 Å². The molecule has 0 amide bonds. The van der Waals surface area contributed by atoms with Gasteiger partial charge in [-0.15, -0.1) is 0 Å². The van der Waals surface area contributed by atoms with E-state index in [1.807, 2.05) is 0 Å². The number of nitrogens with zero attached hydrogens (tertiary/aromatic N) is 3. The van der Waals surface area contributed by atoms with Gasteiger partial charge in [0.15, 0.2) is 0 Å². The fourth-order valence-electron chi connectivity index (χ4n) is 8.53. The molecule has 0 saturated heterocycles. The van der Waals surface area contributed by atoms with E-state index in [1.54, 1.807) is 10.4 Å². The molecule has 10 rings (SSSR count). The maximum atomic E-state index is 2.60. The maximum Gasteiger partial charge on any atom is 0.264 e. The second kappa shape index (κ2) is 11.8. The average molecular weight is 662 g/mol. The lowest BCUT2D eigenvalue weighted by atomic mass is 9.36. The van der Waals surface area contributed by atoms with Crippen LogP contribution in [0.3, 0.4) is 0 Å². The molecule has 240 valence electrons. The summed E-state index contributed by atoms with van der Waals surface area (Å²) in [4.78, 5) is 9.09. The Kier molecular flexibility index (Phi) is 6.95. The average Bonchev–Trinajstić information content (AvgIpc) is 3.55. The third-order valence-electron chi connectivity index (χ3n) is 10.6. The van der Waals surface area contributed by atoms with Gasteiger partial charge >= 0.3 is 0 Å². The number of anilines is 9. The predicted octanol–water partition coefficient (Wildman–Crippen LogP) is 10.5. The lowest BCUT2D eigenvalue weighted by molar-refractivity contribution is 0.697. The first-order valence-corrected chi connectivity index (χ1v) is 18.6. The molecule has 6 aromatic carbocycles. The Morgan fingerprint density at radius 1 is 0.560 bits per heavy atom. The zero-order valence-electron chi connectivity index (χ0n) is 28.1. The highest BCUT2D eigenvalue weighted by Crippen LogP contribution is 2.49. The molecule has 0 fully saturated rings. The Bertz CT molecular complexity index is 2320. The monoisotopic (exact) mass is 661 g/mol. The molecule has 0 radical (unpaired) electrons. The Morgan fingerprint density at radius 2 is 1.12 bits per heavy atom. The fraction of sp³-hybridized carbons (Fsp3) is 0.111. The summed E-state index contributed by atoms with van der Waals surface area (Å²) in [5.74, 6) is 0. The number of rotatable bonds is 5. The summed E-state index contributed by atoms with van der Waals surface area (Å²) in [6.07, 6.45) is 4.86. The molecule has 3 aliphatic rings. The Labute approximate surface area is 298 Å². The van der Waals surface area contributed by atoms with Crippen molar-refractivity contribution in [3.8, 4) is 0 Å². The molecule has 50 heavy (non-hydrogen) atoms. The number of benzene rings is 6. The van der Waals surface area contributed by atoms with Crippen molar-refractivity contribution in [2.75, 3.05) is 14.7 Å². The number of aryl methyl sites for hydroxylation is 2. The van der Waals surface area contributed by atoms with Crippen molar-refractivity contribution in [1.82, 2.24) is 0 Å². The van der Waals surface area contributed by atoms with E-state index in [1.165, 1.54) is 74.7 Å². The largest absolute Gasteiger partial charge is 0.311 e.